The Bertz CT molecular complexity index is 676. The first-order valence-electron chi connectivity index (χ1n) is 8.20. The number of nitrogens with zero attached hydrogens (tertiary/aromatic N) is 1. The van der Waals surface area contributed by atoms with Gasteiger partial charge in [0.05, 0.1) is 12.6 Å². The monoisotopic (exact) mass is 314 g/mol. The molecule has 1 aromatic heterocycles. The molecule has 0 radical (unpaired) electrons. The number of benzene rings is 1. The zero-order chi connectivity index (χ0) is 16.2. The molecule has 0 spiro atoms. The van der Waals surface area contributed by atoms with Gasteiger partial charge in [-0.1, -0.05) is 17.3 Å². The Balaban J connectivity index is 1.68. The molecule has 5 heteroatoms. The molecule has 0 saturated carbocycles. The maximum Gasteiger partial charge on any atom is 0.274 e. The van der Waals surface area contributed by atoms with E-state index in [-0.39, 0.29) is 11.9 Å². The van der Waals surface area contributed by atoms with Gasteiger partial charge in [0, 0.05) is 12.0 Å². The van der Waals surface area contributed by atoms with Gasteiger partial charge >= 0.3 is 0 Å². The van der Waals surface area contributed by atoms with Crippen molar-refractivity contribution < 1.29 is 14.1 Å². The van der Waals surface area contributed by atoms with Crippen molar-refractivity contribution >= 4 is 5.91 Å². The number of carbonyl (C=O) groups excluding carboxylic acids is 1. The van der Waals surface area contributed by atoms with Crippen LogP contribution in [0.3, 0.4) is 0 Å². The Labute approximate surface area is 136 Å². The van der Waals surface area contributed by atoms with Crippen molar-refractivity contribution in [2.75, 3.05) is 6.61 Å². The third kappa shape index (κ3) is 3.38. The third-order valence-electron chi connectivity index (χ3n) is 4.20. The number of carbonyl (C=O) groups is 1. The maximum atomic E-state index is 12.5. The molecule has 0 saturated heterocycles. The highest BCUT2D eigenvalue weighted by Gasteiger charge is 2.24. The van der Waals surface area contributed by atoms with Crippen molar-refractivity contribution in [2.24, 2.45) is 0 Å². The zero-order valence-corrected chi connectivity index (χ0v) is 13.6. The van der Waals surface area contributed by atoms with E-state index in [9.17, 15) is 4.79 Å². The van der Waals surface area contributed by atoms with E-state index in [0.29, 0.717) is 12.3 Å². The van der Waals surface area contributed by atoms with Gasteiger partial charge in [0.25, 0.3) is 5.91 Å². The lowest BCUT2D eigenvalue weighted by atomic mass is 9.96. The second-order valence-corrected chi connectivity index (χ2v) is 5.84. The van der Waals surface area contributed by atoms with E-state index >= 15 is 0 Å². The number of nitrogens with one attached hydrogen (secondary N) is 1. The summed E-state index contributed by atoms with van der Waals surface area (Å²) in [4.78, 5) is 12.5. The molecule has 0 bridgehead atoms. The lowest BCUT2D eigenvalue weighted by Crippen LogP contribution is -2.28. The van der Waals surface area contributed by atoms with Gasteiger partial charge in [-0.05, 0) is 50.8 Å². The van der Waals surface area contributed by atoms with Crippen molar-refractivity contribution in [2.45, 2.75) is 45.6 Å². The molecule has 1 aliphatic carbocycles. The van der Waals surface area contributed by atoms with Gasteiger partial charge in [0.2, 0.25) is 0 Å². The summed E-state index contributed by atoms with van der Waals surface area (Å²) in [7, 11) is 0. The highest BCUT2D eigenvalue weighted by Crippen LogP contribution is 2.25. The standard InChI is InChI=1S/C18H22N2O3/c1-3-22-14-10-8-13(9-11-14)12(2)19-18(21)17-15-6-4-5-7-16(15)23-20-17/h8-12H,3-7H2,1-2H3,(H,19,21). The number of hydrogen-bond acceptors (Lipinski definition) is 4. The van der Waals surface area contributed by atoms with Crippen LogP contribution in [-0.2, 0) is 12.8 Å². The first-order valence-corrected chi connectivity index (χ1v) is 8.20. The largest absolute Gasteiger partial charge is 0.494 e. The molecule has 2 aromatic rings. The van der Waals surface area contributed by atoms with E-state index in [2.05, 4.69) is 10.5 Å². The summed E-state index contributed by atoms with van der Waals surface area (Å²) in [6, 6.07) is 7.66. The Morgan fingerprint density at radius 1 is 1.30 bits per heavy atom. The van der Waals surface area contributed by atoms with E-state index < -0.39 is 0 Å². The van der Waals surface area contributed by atoms with Crippen molar-refractivity contribution in [3.8, 4) is 5.75 Å². The van der Waals surface area contributed by atoms with Gasteiger partial charge in [-0.25, -0.2) is 0 Å². The van der Waals surface area contributed by atoms with Crippen LogP contribution in [0.15, 0.2) is 28.8 Å². The summed E-state index contributed by atoms with van der Waals surface area (Å²) in [5, 5.41) is 6.97. The Kier molecular flexibility index (Phi) is 4.65. The number of aryl methyl sites for hydroxylation is 1. The van der Waals surface area contributed by atoms with Crippen LogP contribution in [0.5, 0.6) is 5.75 Å². The van der Waals surface area contributed by atoms with Gasteiger partial charge in [-0.15, -0.1) is 0 Å². The Morgan fingerprint density at radius 2 is 2.04 bits per heavy atom. The van der Waals surface area contributed by atoms with E-state index in [4.69, 9.17) is 9.26 Å². The van der Waals surface area contributed by atoms with Gasteiger partial charge in [-0.2, -0.15) is 0 Å². The lowest BCUT2D eigenvalue weighted by Gasteiger charge is -2.15. The van der Waals surface area contributed by atoms with Gasteiger partial charge in [0.15, 0.2) is 5.69 Å². The van der Waals surface area contributed by atoms with E-state index in [0.717, 1.165) is 48.3 Å². The van der Waals surface area contributed by atoms with Gasteiger partial charge in [-0.3, -0.25) is 4.79 Å². The van der Waals surface area contributed by atoms with Gasteiger partial charge < -0.3 is 14.6 Å². The minimum Gasteiger partial charge on any atom is -0.494 e. The minimum absolute atomic E-state index is 0.103. The molecule has 122 valence electrons. The van der Waals surface area contributed by atoms with Crippen LogP contribution < -0.4 is 10.1 Å². The number of rotatable bonds is 5. The van der Waals surface area contributed by atoms with Crippen molar-refractivity contribution in [1.82, 2.24) is 10.5 Å². The van der Waals surface area contributed by atoms with E-state index in [1.165, 1.54) is 0 Å². The maximum absolute atomic E-state index is 12.5. The molecular weight excluding hydrogens is 292 g/mol. The van der Waals surface area contributed by atoms with Crippen LogP contribution in [0.4, 0.5) is 0 Å². The summed E-state index contributed by atoms with van der Waals surface area (Å²) >= 11 is 0. The second-order valence-electron chi connectivity index (χ2n) is 5.84. The molecule has 0 aliphatic heterocycles. The minimum atomic E-state index is -0.168. The highest BCUT2D eigenvalue weighted by atomic mass is 16.5. The number of hydrogen-bond donors (Lipinski definition) is 1. The third-order valence-corrected chi connectivity index (χ3v) is 4.20. The zero-order valence-electron chi connectivity index (χ0n) is 13.6. The van der Waals surface area contributed by atoms with Gasteiger partial charge in [0.1, 0.15) is 11.5 Å². The molecule has 23 heavy (non-hydrogen) atoms. The van der Waals surface area contributed by atoms with Crippen LogP contribution in [-0.4, -0.2) is 17.7 Å². The van der Waals surface area contributed by atoms with Crippen molar-refractivity contribution in [3.05, 3.63) is 46.8 Å². The first kappa shape index (κ1) is 15.6. The molecule has 1 aliphatic rings. The average Bonchev–Trinajstić information content (AvgIpc) is 3.00. The quantitative estimate of drug-likeness (QED) is 0.918. The summed E-state index contributed by atoms with van der Waals surface area (Å²) in [5.41, 5.74) is 2.45. The van der Waals surface area contributed by atoms with E-state index in [1.807, 2.05) is 38.1 Å². The highest BCUT2D eigenvalue weighted by molar-refractivity contribution is 5.94. The molecule has 1 heterocycles. The number of aromatic nitrogens is 1. The first-order chi connectivity index (χ1) is 11.2. The number of ether oxygens (including phenoxy) is 1. The molecule has 3 rings (SSSR count). The SMILES string of the molecule is CCOc1ccc(C(C)NC(=O)c2noc3c2CCCC3)cc1. The van der Waals surface area contributed by atoms with Crippen molar-refractivity contribution in [1.29, 1.82) is 0 Å². The lowest BCUT2D eigenvalue weighted by molar-refractivity contribution is 0.0930. The fourth-order valence-corrected chi connectivity index (χ4v) is 2.93. The molecule has 1 aromatic carbocycles. The van der Waals surface area contributed by atoms with E-state index in [1.54, 1.807) is 0 Å². The molecule has 1 N–H and O–H groups in total. The van der Waals surface area contributed by atoms with Crippen LogP contribution in [0.2, 0.25) is 0 Å². The Hall–Kier alpha value is -2.30. The predicted octanol–water partition coefficient (Wildman–Crippen LogP) is 3.44. The topological polar surface area (TPSA) is 64.4 Å². The molecule has 1 atom stereocenters. The van der Waals surface area contributed by atoms with Crippen LogP contribution in [0.1, 0.15) is 60.1 Å². The smallest absolute Gasteiger partial charge is 0.274 e. The average molecular weight is 314 g/mol. The molecule has 1 unspecified atom stereocenters. The van der Waals surface area contributed by atoms with Crippen LogP contribution >= 0.6 is 0 Å². The molecular formula is C18H22N2O3. The van der Waals surface area contributed by atoms with Crippen LogP contribution in [0.25, 0.3) is 0 Å². The summed E-state index contributed by atoms with van der Waals surface area (Å²) in [6.07, 6.45) is 3.94. The predicted molar refractivity (Wildman–Crippen MR) is 86.6 cm³/mol. The number of fused-ring (bicyclic) bond motifs is 1. The van der Waals surface area contributed by atoms with Crippen molar-refractivity contribution in [3.63, 3.8) is 0 Å². The fraction of sp³-hybridized carbons (Fsp3) is 0.444. The fourth-order valence-electron chi connectivity index (χ4n) is 2.93. The summed E-state index contributed by atoms with van der Waals surface area (Å²) < 4.78 is 10.7. The molecule has 0 fully saturated rings. The Morgan fingerprint density at radius 3 is 2.78 bits per heavy atom. The molecule has 5 nitrogen and oxygen atoms in total. The summed E-state index contributed by atoms with van der Waals surface area (Å²) in [6.45, 7) is 4.55. The summed E-state index contributed by atoms with van der Waals surface area (Å²) in [5.74, 6) is 1.54. The second kappa shape index (κ2) is 6.86. The molecule has 1 amide bonds. The van der Waals surface area contributed by atoms with Crippen LogP contribution in [0, 0.1) is 0 Å². The number of amides is 1. The normalized spacial score (nSPS) is 14.9.